The van der Waals surface area contributed by atoms with Crippen LogP contribution in [0.4, 0.5) is 4.39 Å². The number of likely N-dealkylation sites (tertiary alicyclic amines) is 1. The molecule has 2 heterocycles. The van der Waals surface area contributed by atoms with Gasteiger partial charge in [-0.05, 0) is 54.8 Å². The van der Waals surface area contributed by atoms with E-state index in [2.05, 4.69) is 0 Å². The number of halogens is 1. The zero-order valence-electron chi connectivity index (χ0n) is 17.4. The smallest absolute Gasteiger partial charge is 0.337 e. The Bertz CT molecular complexity index is 1070. The zero-order chi connectivity index (χ0) is 22.8. The molecule has 2 aliphatic heterocycles. The molecule has 0 aliphatic carbocycles. The fourth-order valence-electron chi connectivity index (χ4n) is 4.11. The molecule has 2 unspecified atom stereocenters. The molecule has 0 spiro atoms. The number of carbonyl (C=O) groups is 3. The van der Waals surface area contributed by atoms with Crippen LogP contribution in [-0.4, -0.2) is 54.0 Å². The van der Waals surface area contributed by atoms with E-state index in [9.17, 15) is 23.9 Å². The molecule has 2 aromatic rings. The summed E-state index contributed by atoms with van der Waals surface area (Å²) in [5.41, 5.74) is 0.979. The summed E-state index contributed by atoms with van der Waals surface area (Å²) < 4.78 is 23.7. The Hall–Kier alpha value is -3.52. The Morgan fingerprint density at radius 1 is 1.12 bits per heavy atom. The molecule has 2 aliphatic rings. The lowest BCUT2D eigenvalue weighted by Gasteiger charge is -2.27. The summed E-state index contributed by atoms with van der Waals surface area (Å²) in [6.45, 7) is 0.775. The van der Waals surface area contributed by atoms with Crippen LogP contribution in [0, 0.1) is 5.82 Å². The van der Waals surface area contributed by atoms with E-state index in [-0.39, 0.29) is 29.5 Å². The second-order valence-corrected chi connectivity index (χ2v) is 7.71. The van der Waals surface area contributed by atoms with E-state index in [0.717, 1.165) is 25.0 Å². The fraction of sp³-hybridized carbons (Fsp3) is 0.292. The number of hydrogen-bond acceptors (Lipinski definition) is 6. The molecule has 0 bridgehead atoms. The number of carbonyl (C=O) groups excluding carboxylic acids is 3. The molecule has 2 saturated heterocycles. The summed E-state index contributed by atoms with van der Waals surface area (Å²) in [7, 11) is 1.27. The highest BCUT2D eigenvalue weighted by molar-refractivity contribution is 6.46. The number of rotatable bonds is 5. The van der Waals surface area contributed by atoms with Gasteiger partial charge >= 0.3 is 5.97 Å². The van der Waals surface area contributed by atoms with Crippen LogP contribution in [0.2, 0.25) is 0 Å². The van der Waals surface area contributed by atoms with Crippen molar-refractivity contribution in [1.29, 1.82) is 0 Å². The first-order valence-electron chi connectivity index (χ1n) is 10.2. The van der Waals surface area contributed by atoms with Crippen molar-refractivity contribution >= 4 is 23.4 Å². The lowest BCUT2D eigenvalue weighted by molar-refractivity contribution is -0.140. The monoisotopic (exact) mass is 439 g/mol. The SMILES string of the molecule is COC(=O)c1ccc(C2/C(=C(\O)c3ccc(F)cc3)C(=O)C(=O)N2CC2CCCO2)cc1. The number of methoxy groups -OCH3 is 1. The predicted octanol–water partition coefficient (Wildman–Crippen LogP) is 3.21. The van der Waals surface area contributed by atoms with Crippen LogP contribution in [0.25, 0.3) is 5.76 Å². The van der Waals surface area contributed by atoms with Gasteiger partial charge in [-0.1, -0.05) is 12.1 Å². The number of Topliss-reactive ketones (excluding diaryl/α,β-unsaturated/α-hetero) is 1. The third-order valence-corrected chi connectivity index (χ3v) is 5.73. The first-order chi connectivity index (χ1) is 15.4. The number of esters is 1. The number of nitrogens with zero attached hydrogens (tertiary/aromatic N) is 1. The van der Waals surface area contributed by atoms with Gasteiger partial charge in [0, 0.05) is 18.7 Å². The maximum absolute atomic E-state index is 13.4. The predicted molar refractivity (Wildman–Crippen MR) is 112 cm³/mol. The third kappa shape index (κ3) is 4.01. The van der Waals surface area contributed by atoms with E-state index < -0.39 is 29.5 Å². The van der Waals surface area contributed by atoms with Gasteiger partial charge in [-0.2, -0.15) is 0 Å². The number of amides is 1. The molecular formula is C24H22FNO6. The van der Waals surface area contributed by atoms with E-state index in [4.69, 9.17) is 9.47 Å². The van der Waals surface area contributed by atoms with E-state index in [0.29, 0.717) is 17.7 Å². The maximum atomic E-state index is 13.4. The number of aliphatic hydroxyl groups is 1. The van der Waals surface area contributed by atoms with Crippen LogP contribution < -0.4 is 0 Å². The van der Waals surface area contributed by atoms with Gasteiger partial charge in [0.05, 0.1) is 30.4 Å². The Balaban J connectivity index is 1.80. The van der Waals surface area contributed by atoms with Crippen LogP contribution in [0.15, 0.2) is 54.1 Å². The summed E-state index contributed by atoms with van der Waals surface area (Å²) in [6.07, 6.45) is 1.41. The average molecular weight is 439 g/mol. The highest BCUT2D eigenvalue weighted by Gasteiger charge is 2.47. The van der Waals surface area contributed by atoms with Gasteiger partial charge in [-0.3, -0.25) is 9.59 Å². The first kappa shape index (κ1) is 21.7. The van der Waals surface area contributed by atoms with Crippen molar-refractivity contribution in [3.05, 3.63) is 76.6 Å². The molecule has 8 heteroatoms. The summed E-state index contributed by atoms with van der Waals surface area (Å²) in [6, 6.07) is 10.4. The number of ether oxygens (including phenoxy) is 2. The largest absolute Gasteiger partial charge is 0.507 e. The highest BCUT2D eigenvalue weighted by Crippen LogP contribution is 2.40. The van der Waals surface area contributed by atoms with Gasteiger partial charge in [-0.25, -0.2) is 9.18 Å². The van der Waals surface area contributed by atoms with Gasteiger partial charge in [0.25, 0.3) is 11.7 Å². The quantitative estimate of drug-likeness (QED) is 0.333. The van der Waals surface area contributed by atoms with Gasteiger partial charge in [0.1, 0.15) is 11.6 Å². The molecule has 2 atom stereocenters. The summed E-state index contributed by atoms with van der Waals surface area (Å²) in [5, 5.41) is 10.9. The molecule has 0 radical (unpaired) electrons. The van der Waals surface area contributed by atoms with Gasteiger partial charge in [-0.15, -0.1) is 0 Å². The van der Waals surface area contributed by atoms with Crippen molar-refractivity contribution in [2.75, 3.05) is 20.3 Å². The van der Waals surface area contributed by atoms with Crippen molar-refractivity contribution in [1.82, 2.24) is 4.90 Å². The molecule has 0 saturated carbocycles. The maximum Gasteiger partial charge on any atom is 0.337 e. The molecular weight excluding hydrogens is 417 g/mol. The molecule has 32 heavy (non-hydrogen) atoms. The Morgan fingerprint density at radius 3 is 2.38 bits per heavy atom. The first-order valence-corrected chi connectivity index (χ1v) is 10.2. The molecule has 1 amide bonds. The topological polar surface area (TPSA) is 93.1 Å². The molecule has 7 nitrogen and oxygen atoms in total. The lowest BCUT2D eigenvalue weighted by Crippen LogP contribution is -2.36. The molecule has 2 aromatic carbocycles. The minimum absolute atomic E-state index is 0.0922. The number of aliphatic hydroxyl groups excluding tert-OH is 1. The molecule has 2 fully saturated rings. The zero-order valence-corrected chi connectivity index (χ0v) is 17.4. The Kier molecular flexibility index (Phi) is 6.05. The summed E-state index contributed by atoms with van der Waals surface area (Å²) >= 11 is 0. The van der Waals surface area contributed by atoms with Gasteiger partial charge < -0.3 is 19.5 Å². The Labute approximate surface area is 184 Å². The van der Waals surface area contributed by atoms with Crippen LogP contribution in [0.3, 0.4) is 0 Å². The molecule has 166 valence electrons. The van der Waals surface area contributed by atoms with Crippen molar-refractivity contribution in [2.24, 2.45) is 0 Å². The van der Waals surface area contributed by atoms with Crippen molar-refractivity contribution < 1.29 is 33.4 Å². The summed E-state index contributed by atoms with van der Waals surface area (Å²) in [4.78, 5) is 39.1. The number of ketones is 1. The van der Waals surface area contributed by atoms with Crippen molar-refractivity contribution in [2.45, 2.75) is 25.0 Å². The normalized spacial score (nSPS) is 22.4. The molecule has 4 rings (SSSR count). The van der Waals surface area contributed by atoms with Crippen LogP contribution >= 0.6 is 0 Å². The van der Waals surface area contributed by atoms with Gasteiger partial charge in [0.15, 0.2) is 0 Å². The average Bonchev–Trinajstić information content (AvgIpc) is 3.41. The minimum Gasteiger partial charge on any atom is -0.507 e. The third-order valence-electron chi connectivity index (χ3n) is 5.73. The van der Waals surface area contributed by atoms with E-state index in [1.807, 2.05) is 0 Å². The van der Waals surface area contributed by atoms with Gasteiger partial charge in [0.2, 0.25) is 0 Å². The van der Waals surface area contributed by atoms with Crippen LogP contribution in [0.1, 0.15) is 40.4 Å². The standard InChI is InChI=1S/C24H22FNO6/c1-31-24(30)16-6-4-14(5-7-16)20-19(21(27)15-8-10-17(25)11-9-15)22(28)23(29)26(20)13-18-3-2-12-32-18/h4-11,18,20,27H,2-3,12-13H2,1H3/b21-19+. The van der Waals surface area contributed by atoms with Crippen molar-refractivity contribution in [3.8, 4) is 0 Å². The second-order valence-electron chi connectivity index (χ2n) is 7.71. The number of benzene rings is 2. The molecule has 0 aromatic heterocycles. The second kappa shape index (κ2) is 8.92. The lowest BCUT2D eigenvalue weighted by atomic mass is 9.94. The Morgan fingerprint density at radius 2 is 1.78 bits per heavy atom. The van der Waals surface area contributed by atoms with Crippen LogP contribution in [0.5, 0.6) is 0 Å². The highest BCUT2D eigenvalue weighted by atomic mass is 19.1. The van der Waals surface area contributed by atoms with E-state index in [1.54, 1.807) is 12.1 Å². The molecule has 1 N–H and O–H groups in total. The minimum atomic E-state index is -0.879. The van der Waals surface area contributed by atoms with E-state index >= 15 is 0 Å². The summed E-state index contributed by atoms with van der Waals surface area (Å²) in [5.74, 6) is -2.97. The van der Waals surface area contributed by atoms with E-state index in [1.165, 1.54) is 36.3 Å². The number of hydrogen-bond donors (Lipinski definition) is 1. The fourth-order valence-corrected chi connectivity index (χ4v) is 4.11. The van der Waals surface area contributed by atoms with Crippen LogP contribution in [-0.2, 0) is 19.1 Å². The van der Waals surface area contributed by atoms with Crippen molar-refractivity contribution in [3.63, 3.8) is 0 Å².